The number of carbonyl (C=O) groups is 1. The lowest BCUT2D eigenvalue weighted by atomic mass is 10.1. The van der Waals surface area contributed by atoms with Crippen LogP contribution in [0.15, 0.2) is 84.9 Å². The van der Waals surface area contributed by atoms with Gasteiger partial charge in [-0.3, -0.25) is 4.79 Å². The Morgan fingerprint density at radius 2 is 1.43 bits per heavy atom. The molecule has 0 saturated carbocycles. The predicted molar refractivity (Wildman–Crippen MR) is 92.4 cm³/mol. The summed E-state index contributed by atoms with van der Waals surface area (Å²) in [4.78, 5) is 11.9. The van der Waals surface area contributed by atoms with Gasteiger partial charge in [0.05, 0.1) is 0 Å². The molecule has 3 aromatic carbocycles. The van der Waals surface area contributed by atoms with Crippen molar-refractivity contribution < 1.29 is 9.53 Å². The lowest BCUT2D eigenvalue weighted by Gasteiger charge is -2.09. The van der Waals surface area contributed by atoms with E-state index in [-0.39, 0.29) is 12.5 Å². The second-order valence-corrected chi connectivity index (χ2v) is 5.10. The molecule has 0 aromatic heterocycles. The summed E-state index contributed by atoms with van der Waals surface area (Å²) in [6.45, 7) is -0.0207. The van der Waals surface area contributed by atoms with Gasteiger partial charge in [-0.25, -0.2) is 0 Å². The molecule has 0 unspecified atom stereocenters. The van der Waals surface area contributed by atoms with E-state index >= 15 is 0 Å². The maximum atomic E-state index is 11.9. The van der Waals surface area contributed by atoms with Crippen molar-refractivity contribution in [3.63, 3.8) is 0 Å². The summed E-state index contributed by atoms with van der Waals surface area (Å²) in [6, 6.07) is 27.1. The summed E-state index contributed by atoms with van der Waals surface area (Å²) in [6.07, 6.45) is 0. The average molecular weight is 303 g/mol. The van der Waals surface area contributed by atoms with Gasteiger partial charge < -0.3 is 10.1 Å². The van der Waals surface area contributed by atoms with E-state index in [2.05, 4.69) is 5.32 Å². The standard InChI is InChI=1S/C20H17NO2/c22-20(21-18-11-5-2-6-12-18)15-23-19-13-7-10-17(14-19)16-8-3-1-4-9-16/h1-14H,15H2,(H,21,22). The van der Waals surface area contributed by atoms with Crippen LogP contribution >= 0.6 is 0 Å². The molecule has 0 saturated heterocycles. The third kappa shape index (κ3) is 4.20. The van der Waals surface area contributed by atoms with E-state index in [1.807, 2.05) is 84.9 Å². The molecule has 0 atom stereocenters. The van der Waals surface area contributed by atoms with Gasteiger partial charge in [0.25, 0.3) is 5.91 Å². The van der Waals surface area contributed by atoms with Gasteiger partial charge in [0.15, 0.2) is 6.61 Å². The van der Waals surface area contributed by atoms with Crippen molar-refractivity contribution in [2.24, 2.45) is 0 Å². The maximum absolute atomic E-state index is 11.9. The van der Waals surface area contributed by atoms with E-state index in [4.69, 9.17) is 4.74 Å². The number of rotatable bonds is 5. The van der Waals surface area contributed by atoms with E-state index in [1.54, 1.807) is 0 Å². The van der Waals surface area contributed by atoms with E-state index in [1.165, 1.54) is 0 Å². The fourth-order valence-corrected chi connectivity index (χ4v) is 2.26. The molecule has 1 amide bonds. The minimum absolute atomic E-state index is 0.0207. The highest BCUT2D eigenvalue weighted by Crippen LogP contribution is 2.23. The van der Waals surface area contributed by atoms with E-state index in [0.29, 0.717) is 5.75 Å². The summed E-state index contributed by atoms with van der Waals surface area (Å²) >= 11 is 0. The van der Waals surface area contributed by atoms with Crippen LogP contribution < -0.4 is 10.1 Å². The number of carbonyl (C=O) groups excluding carboxylic acids is 1. The Balaban J connectivity index is 1.61. The Morgan fingerprint density at radius 3 is 2.17 bits per heavy atom. The molecule has 0 spiro atoms. The molecular formula is C20H17NO2. The summed E-state index contributed by atoms with van der Waals surface area (Å²) in [5.41, 5.74) is 2.94. The lowest BCUT2D eigenvalue weighted by Crippen LogP contribution is -2.20. The number of ether oxygens (including phenoxy) is 1. The van der Waals surface area contributed by atoms with Gasteiger partial charge in [0, 0.05) is 5.69 Å². The number of hydrogen-bond donors (Lipinski definition) is 1. The van der Waals surface area contributed by atoms with Crippen molar-refractivity contribution in [3.8, 4) is 16.9 Å². The van der Waals surface area contributed by atoms with Crippen LogP contribution in [0, 0.1) is 0 Å². The van der Waals surface area contributed by atoms with Gasteiger partial charge in [-0.05, 0) is 35.4 Å². The molecule has 1 N–H and O–H groups in total. The van der Waals surface area contributed by atoms with Crippen molar-refractivity contribution in [2.75, 3.05) is 11.9 Å². The monoisotopic (exact) mass is 303 g/mol. The van der Waals surface area contributed by atoms with Gasteiger partial charge >= 0.3 is 0 Å². The maximum Gasteiger partial charge on any atom is 0.262 e. The molecule has 0 bridgehead atoms. The van der Waals surface area contributed by atoms with Crippen LogP contribution in [0.4, 0.5) is 5.69 Å². The Hall–Kier alpha value is -3.07. The summed E-state index contributed by atoms with van der Waals surface area (Å²) in [5, 5.41) is 2.79. The molecule has 3 aromatic rings. The van der Waals surface area contributed by atoms with Gasteiger partial charge in [0.1, 0.15) is 5.75 Å². The zero-order valence-electron chi connectivity index (χ0n) is 12.6. The number of para-hydroxylation sites is 1. The highest BCUT2D eigenvalue weighted by atomic mass is 16.5. The summed E-state index contributed by atoms with van der Waals surface area (Å²) < 4.78 is 5.59. The molecule has 0 aliphatic rings. The molecule has 3 nitrogen and oxygen atoms in total. The molecule has 0 fully saturated rings. The molecule has 0 aliphatic carbocycles. The molecule has 0 aliphatic heterocycles. The van der Waals surface area contributed by atoms with Crippen LogP contribution in [0.2, 0.25) is 0 Å². The zero-order valence-corrected chi connectivity index (χ0v) is 12.6. The Kier molecular flexibility index (Phi) is 4.69. The average Bonchev–Trinajstić information content (AvgIpc) is 2.62. The molecule has 114 valence electrons. The van der Waals surface area contributed by atoms with Crippen molar-refractivity contribution >= 4 is 11.6 Å². The number of amides is 1. The first-order valence-corrected chi connectivity index (χ1v) is 7.44. The number of hydrogen-bond acceptors (Lipinski definition) is 2. The quantitative estimate of drug-likeness (QED) is 0.760. The van der Waals surface area contributed by atoms with Crippen molar-refractivity contribution in [1.82, 2.24) is 0 Å². The lowest BCUT2D eigenvalue weighted by molar-refractivity contribution is -0.118. The number of nitrogens with one attached hydrogen (secondary N) is 1. The minimum atomic E-state index is -0.179. The predicted octanol–water partition coefficient (Wildman–Crippen LogP) is 4.37. The van der Waals surface area contributed by atoms with Crippen LogP contribution in [0.5, 0.6) is 5.75 Å². The molecule has 0 heterocycles. The fourth-order valence-electron chi connectivity index (χ4n) is 2.26. The van der Waals surface area contributed by atoms with Crippen molar-refractivity contribution in [2.45, 2.75) is 0 Å². The van der Waals surface area contributed by atoms with E-state index in [0.717, 1.165) is 16.8 Å². The zero-order chi connectivity index (χ0) is 15.9. The minimum Gasteiger partial charge on any atom is -0.484 e. The summed E-state index contributed by atoms with van der Waals surface area (Å²) in [5.74, 6) is 0.496. The fraction of sp³-hybridized carbons (Fsp3) is 0.0500. The Labute approximate surface area is 135 Å². The second-order valence-electron chi connectivity index (χ2n) is 5.10. The Morgan fingerprint density at radius 1 is 0.783 bits per heavy atom. The molecular weight excluding hydrogens is 286 g/mol. The van der Waals surface area contributed by atoms with E-state index < -0.39 is 0 Å². The van der Waals surface area contributed by atoms with Crippen LogP contribution in [-0.2, 0) is 4.79 Å². The first kappa shape index (κ1) is 14.9. The van der Waals surface area contributed by atoms with Gasteiger partial charge in [0.2, 0.25) is 0 Å². The highest BCUT2D eigenvalue weighted by Gasteiger charge is 2.04. The summed E-state index contributed by atoms with van der Waals surface area (Å²) in [7, 11) is 0. The highest BCUT2D eigenvalue weighted by molar-refractivity contribution is 5.91. The van der Waals surface area contributed by atoms with Gasteiger partial charge in [-0.15, -0.1) is 0 Å². The molecule has 23 heavy (non-hydrogen) atoms. The van der Waals surface area contributed by atoms with Crippen molar-refractivity contribution in [3.05, 3.63) is 84.9 Å². The van der Waals surface area contributed by atoms with Crippen molar-refractivity contribution in [1.29, 1.82) is 0 Å². The van der Waals surface area contributed by atoms with Crippen LogP contribution in [0.3, 0.4) is 0 Å². The third-order valence-electron chi connectivity index (χ3n) is 3.37. The topological polar surface area (TPSA) is 38.3 Å². The first-order valence-electron chi connectivity index (χ1n) is 7.44. The smallest absolute Gasteiger partial charge is 0.262 e. The number of anilines is 1. The van der Waals surface area contributed by atoms with E-state index in [9.17, 15) is 4.79 Å². The van der Waals surface area contributed by atoms with Crippen LogP contribution in [0.25, 0.3) is 11.1 Å². The molecule has 0 radical (unpaired) electrons. The van der Waals surface area contributed by atoms with Gasteiger partial charge in [-0.2, -0.15) is 0 Å². The molecule has 3 heteroatoms. The largest absolute Gasteiger partial charge is 0.484 e. The van der Waals surface area contributed by atoms with Crippen LogP contribution in [0.1, 0.15) is 0 Å². The third-order valence-corrected chi connectivity index (χ3v) is 3.37. The Bertz CT molecular complexity index is 770. The first-order chi connectivity index (χ1) is 11.3. The SMILES string of the molecule is O=C(COc1cccc(-c2ccccc2)c1)Nc1ccccc1. The normalized spacial score (nSPS) is 10.1. The molecule has 3 rings (SSSR count). The van der Waals surface area contributed by atoms with Gasteiger partial charge in [-0.1, -0.05) is 60.7 Å². The second kappa shape index (κ2) is 7.27. The number of benzene rings is 3. The van der Waals surface area contributed by atoms with Crippen LogP contribution in [-0.4, -0.2) is 12.5 Å².